The van der Waals surface area contributed by atoms with Gasteiger partial charge in [0.25, 0.3) is 0 Å². The van der Waals surface area contributed by atoms with Gasteiger partial charge in [0.2, 0.25) is 5.91 Å². The first kappa shape index (κ1) is 34.9. The number of carbonyl (C=O) groups excluding carboxylic acids is 2. The van der Waals surface area contributed by atoms with Gasteiger partial charge < -0.3 is 34.6 Å². The van der Waals surface area contributed by atoms with Gasteiger partial charge in [-0.1, -0.05) is 32.0 Å². The number of aromatic nitrogens is 1. The Hall–Kier alpha value is 2.72. The molecule has 2 aromatic rings. The van der Waals surface area contributed by atoms with Crippen molar-refractivity contribution < 1.29 is 183 Å². The summed E-state index contributed by atoms with van der Waals surface area (Å²) in [5.74, 6) is -2.50. The van der Waals surface area contributed by atoms with Crippen LogP contribution in [-0.2, 0) is 20.6 Å². The number of carboxylic acids is 1. The largest absolute Gasteiger partial charge is 1.00 e. The maximum absolute atomic E-state index is 12.4. The van der Waals surface area contributed by atoms with Crippen molar-refractivity contribution in [3.05, 3.63) is 36.0 Å². The second kappa shape index (κ2) is 16.4. The smallest absolute Gasteiger partial charge is 0.799 e. The number of hydrogen-bond donors (Lipinski definition) is 3. The van der Waals surface area contributed by atoms with Crippen LogP contribution in [0.25, 0.3) is 10.9 Å². The van der Waals surface area contributed by atoms with Crippen molar-refractivity contribution in [2.75, 3.05) is 0 Å². The van der Waals surface area contributed by atoms with Gasteiger partial charge in [-0.3, -0.25) is 9.88 Å². The summed E-state index contributed by atoms with van der Waals surface area (Å²) in [5.41, 5.74) is 1.47. The number of para-hydroxylation sites is 1. The van der Waals surface area contributed by atoms with Crippen LogP contribution in [-0.4, -0.2) is 28.9 Å². The van der Waals surface area contributed by atoms with Crippen molar-refractivity contribution in [2.24, 2.45) is 5.92 Å². The molecule has 13 heteroatoms. The minimum absolute atomic E-state index is 0. The summed E-state index contributed by atoms with van der Waals surface area (Å²) in [6.07, 6.45) is 1.63. The van der Waals surface area contributed by atoms with E-state index in [4.69, 9.17) is 0 Å². The van der Waals surface area contributed by atoms with E-state index in [0.29, 0.717) is 5.56 Å². The number of carbonyl (C=O) groups is 2. The Morgan fingerprint density at radius 3 is 2.23 bits per heavy atom. The summed E-state index contributed by atoms with van der Waals surface area (Å²) in [7, 11) is -5.17. The molecule has 0 saturated heterocycles. The average molecular weight is 512 g/mol. The van der Waals surface area contributed by atoms with E-state index in [9.17, 15) is 29.0 Å². The molecule has 0 aliphatic rings. The van der Waals surface area contributed by atoms with Gasteiger partial charge in [-0.25, -0.2) is 0 Å². The van der Waals surface area contributed by atoms with E-state index in [-0.39, 0.29) is 173 Å². The molecule has 148 valence electrons. The maximum atomic E-state index is 12.4. The molecule has 0 aliphatic carbocycles. The van der Waals surface area contributed by atoms with Crippen molar-refractivity contribution in [1.29, 1.82) is 0 Å². The first-order valence-electron chi connectivity index (χ1n) is 8.43. The number of H-pyrrole nitrogens is 1. The number of carboxylic acid groups (broad SMARTS) is 1. The normalized spacial score (nSPS) is 12.8. The fourth-order valence-corrected chi connectivity index (χ4v) is 3.47. The van der Waals surface area contributed by atoms with Gasteiger partial charge in [0.05, 0.1) is 18.1 Å². The standard InChI is InChI=1S/C17H24N3O6P.3K/c1-10(2)7-14(20-27(24,25)26)16(21)19-15(17(22)23)8-11-9-18-13-6-4-3-5-12(11)13;;;/h3-6,9-10,14-15,18H,7-8H2,1-2H3,(H,19,21)(H,22,23)(H3,20,24,25,26);;;/q;3*+1/p-3/t14-,15-;;;/m0.../s1. The molecule has 0 unspecified atom stereocenters. The van der Waals surface area contributed by atoms with E-state index >= 15 is 0 Å². The molecule has 2 atom stereocenters. The Kier molecular flexibility index (Phi) is 19.1. The quantitative estimate of drug-likeness (QED) is 0.223. The van der Waals surface area contributed by atoms with Gasteiger partial charge in [-0.15, -0.1) is 0 Å². The molecule has 1 aromatic carbocycles. The number of rotatable bonds is 9. The summed E-state index contributed by atoms with van der Waals surface area (Å²) in [6, 6.07) is 4.53. The van der Waals surface area contributed by atoms with Crippen LogP contribution in [0.5, 0.6) is 0 Å². The molecular weight excluding hydrogens is 490 g/mol. The number of amides is 1. The van der Waals surface area contributed by atoms with E-state index in [1.165, 1.54) is 0 Å². The van der Waals surface area contributed by atoms with Crippen LogP contribution in [0.1, 0.15) is 25.8 Å². The second-order valence-corrected chi connectivity index (χ2v) is 8.01. The van der Waals surface area contributed by atoms with Crippen molar-refractivity contribution in [3.8, 4) is 0 Å². The Morgan fingerprint density at radius 2 is 1.70 bits per heavy atom. The minimum atomic E-state index is -5.17. The molecule has 0 saturated carbocycles. The topological polar surface area (TPSA) is 160 Å². The first-order chi connectivity index (χ1) is 12.6. The first-order valence-corrected chi connectivity index (χ1v) is 9.97. The average Bonchev–Trinajstić information content (AvgIpc) is 2.95. The number of aliphatic carboxylic acids is 1. The zero-order valence-corrected chi connectivity index (χ0v) is 28.2. The van der Waals surface area contributed by atoms with Crippen LogP contribution in [0.3, 0.4) is 0 Å². The maximum Gasteiger partial charge on any atom is 1.00 e. The van der Waals surface area contributed by atoms with Crippen molar-refractivity contribution in [1.82, 2.24) is 15.4 Å². The number of nitrogens with one attached hydrogen (secondary N) is 3. The number of hydrogen-bond acceptors (Lipinski definition) is 6. The molecule has 0 aliphatic heterocycles. The van der Waals surface area contributed by atoms with Crippen molar-refractivity contribution in [3.63, 3.8) is 0 Å². The van der Waals surface area contributed by atoms with E-state index in [1.807, 2.05) is 18.2 Å². The van der Waals surface area contributed by atoms with Gasteiger partial charge >= 0.3 is 154 Å². The monoisotopic (exact) mass is 511 g/mol. The molecule has 1 aromatic heterocycles. The zero-order valence-electron chi connectivity index (χ0n) is 17.9. The van der Waals surface area contributed by atoms with Gasteiger partial charge in [0.1, 0.15) is 0 Å². The summed E-state index contributed by atoms with van der Waals surface area (Å²) < 4.78 is 11.0. The summed E-state index contributed by atoms with van der Waals surface area (Å²) in [4.78, 5) is 48.9. The molecule has 0 spiro atoms. The number of fused-ring (bicyclic) bond motifs is 1. The Bertz CT molecular complexity index is 873. The molecule has 9 nitrogen and oxygen atoms in total. The third kappa shape index (κ3) is 11.9. The third-order valence-corrected chi connectivity index (χ3v) is 4.67. The predicted octanol–water partition coefficient (Wildman–Crippen LogP) is -10.2. The van der Waals surface area contributed by atoms with E-state index in [2.05, 4.69) is 10.3 Å². The van der Waals surface area contributed by atoms with Crippen molar-refractivity contribution in [2.45, 2.75) is 38.8 Å². The number of benzene rings is 1. The Balaban J connectivity index is 0. The molecule has 3 N–H and O–H groups in total. The van der Waals surface area contributed by atoms with Gasteiger partial charge in [0.15, 0.2) is 0 Å². The molecule has 0 bridgehead atoms. The van der Waals surface area contributed by atoms with Gasteiger partial charge in [-0.05, 0) is 31.7 Å². The minimum Gasteiger partial charge on any atom is -0.799 e. The van der Waals surface area contributed by atoms with Crippen molar-refractivity contribution >= 4 is 30.5 Å². The Labute approximate surface area is 303 Å². The summed E-state index contributed by atoms with van der Waals surface area (Å²) in [6.45, 7) is 3.48. The third-order valence-electron chi connectivity index (χ3n) is 4.04. The molecule has 1 heterocycles. The van der Waals surface area contributed by atoms with Gasteiger partial charge in [0, 0.05) is 23.5 Å². The predicted molar refractivity (Wildman–Crippen MR) is 92.9 cm³/mol. The Morgan fingerprint density at radius 1 is 1.10 bits per heavy atom. The molecule has 0 radical (unpaired) electrons. The molecule has 2 rings (SSSR count). The van der Waals surface area contributed by atoms with E-state index in [0.717, 1.165) is 10.9 Å². The molecule has 1 amide bonds. The molecular formula is C17H21K3N3O6P. The summed E-state index contributed by atoms with van der Waals surface area (Å²) in [5, 5.41) is 16.3. The van der Waals surface area contributed by atoms with Crippen LogP contribution in [0.15, 0.2) is 30.5 Å². The van der Waals surface area contributed by atoms with Crippen LogP contribution >= 0.6 is 7.75 Å². The van der Waals surface area contributed by atoms with Gasteiger partial charge in [-0.2, -0.15) is 0 Å². The van der Waals surface area contributed by atoms with E-state index in [1.54, 1.807) is 31.2 Å². The van der Waals surface area contributed by atoms with E-state index < -0.39 is 31.7 Å². The molecule has 0 fully saturated rings. The van der Waals surface area contributed by atoms with Crippen LogP contribution in [0, 0.1) is 5.92 Å². The molecule has 30 heavy (non-hydrogen) atoms. The van der Waals surface area contributed by atoms with Crippen LogP contribution < -0.4 is 179 Å². The zero-order chi connectivity index (χ0) is 20.2. The fraction of sp³-hybridized carbons (Fsp3) is 0.412. The second-order valence-electron chi connectivity index (χ2n) is 6.75. The fourth-order valence-electron chi connectivity index (χ4n) is 2.87. The van der Waals surface area contributed by atoms with Crippen LogP contribution in [0.4, 0.5) is 0 Å². The summed E-state index contributed by atoms with van der Waals surface area (Å²) >= 11 is 0. The number of aromatic amines is 1. The SMILES string of the molecule is CC(C)C[C@H](NP(=O)([O-])[O-])C(=O)N[C@@H](Cc1c[nH]c2ccccc12)C(=O)[O-].[K+].[K+].[K+]. The van der Waals surface area contributed by atoms with Crippen LogP contribution in [0.2, 0.25) is 0 Å².